The molecule has 0 heterocycles. The van der Waals surface area contributed by atoms with E-state index in [1.807, 2.05) is 0 Å². The van der Waals surface area contributed by atoms with E-state index in [0.717, 1.165) is 102 Å². The van der Waals surface area contributed by atoms with Gasteiger partial charge < -0.3 is 33.8 Å². The van der Waals surface area contributed by atoms with E-state index in [-0.39, 0.29) is 25.7 Å². The molecule has 2 unspecified atom stereocenters. The van der Waals surface area contributed by atoms with E-state index in [2.05, 4.69) is 41.5 Å². The molecule has 540 valence electrons. The molecule has 0 saturated heterocycles. The minimum Gasteiger partial charge on any atom is -0.462 e. The number of esters is 4. The molecule has 0 amide bonds. The van der Waals surface area contributed by atoms with E-state index in [9.17, 15) is 43.2 Å². The highest BCUT2D eigenvalue weighted by Gasteiger charge is 2.30. The van der Waals surface area contributed by atoms with Gasteiger partial charge in [-0.3, -0.25) is 37.3 Å². The van der Waals surface area contributed by atoms with Gasteiger partial charge in [-0.15, -0.1) is 0 Å². The first kappa shape index (κ1) is 89.1. The average Bonchev–Trinajstić information content (AvgIpc) is 3.71. The molecule has 0 aromatic heterocycles. The first-order valence-electron chi connectivity index (χ1n) is 37.5. The number of ether oxygens (including phenoxy) is 4. The second-order valence-electron chi connectivity index (χ2n) is 26.9. The smallest absolute Gasteiger partial charge is 0.462 e. The molecule has 0 rings (SSSR count). The highest BCUT2D eigenvalue weighted by molar-refractivity contribution is 7.47. The molecule has 0 fully saturated rings. The SMILES string of the molecule is CCCCCCCCCCCCCCCCC(=O)OC[C@H](COP(=O)(O)OC[C@@H](O)COP(=O)(O)OC[C@@H](COC(=O)CCCCCCCCCCCC)OC(=O)CCCCCCCCCCCC(C)C)OC(=O)CCCCCCCCCCCCCCC(C)C. The highest BCUT2D eigenvalue weighted by atomic mass is 31.2. The predicted octanol–water partition coefficient (Wildman–Crippen LogP) is 20.8. The number of rotatable bonds is 71. The van der Waals surface area contributed by atoms with Crippen molar-refractivity contribution in [2.75, 3.05) is 39.6 Å². The van der Waals surface area contributed by atoms with Crippen LogP contribution >= 0.6 is 15.6 Å². The van der Waals surface area contributed by atoms with Crippen molar-refractivity contribution in [3.05, 3.63) is 0 Å². The van der Waals surface area contributed by atoms with Crippen LogP contribution in [0.5, 0.6) is 0 Å². The maximum absolute atomic E-state index is 13.0. The van der Waals surface area contributed by atoms with Crippen molar-refractivity contribution in [2.24, 2.45) is 11.8 Å². The van der Waals surface area contributed by atoms with Crippen LogP contribution in [0.3, 0.4) is 0 Å². The fraction of sp³-hybridized carbons (Fsp3) is 0.944. The molecule has 0 radical (unpaired) electrons. The van der Waals surface area contributed by atoms with Gasteiger partial charge in [-0.05, 0) is 37.5 Å². The largest absolute Gasteiger partial charge is 0.472 e. The molecule has 0 aliphatic rings. The van der Waals surface area contributed by atoms with Gasteiger partial charge in [-0.1, -0.05) is 318 Å². The van der Waals surface area contributed by atoms with Crippen molar-refractivity contribution in [1.82, 2.24) is 0 Å². The van der Waals surface area contributed by atoms with Crippen molar-refractivity contribution >= 4 is 39.5 Å². The zero-order chi connectivity index (χ0) is 67.2. The quantitative estimate of drug-likeness (QED) is 0.0222. The van der Waals surface area contributed by atoms with Crippen molar-refractivity contribution in [1.29, 1.82) is 0 Å². The van der Waals surface area contributed by atoms with Crippen LogP contribution in [0.15, 0.2) is 0 Å². The van der Waals surface area contributed by atoms with Crippen LogP contribution in [-0.4, -0.2) is 96.7 Å². The fourth-order valence-electron chi connectivity index (χ4n) is 10.9. The molecule has 0 aliphatic carbocycles. The summed E-state index contributed by atoms with van der Waals surface area (Å²) in [5.74, 6) is -0.607. The lowest BCUT2D eigenvalue weighted by atomic mass is 10.0. The van der Waals surface area contributed by atoms with E-state index < -0.39 is 97.5 Å². The molecular weight excluding hydrogens is 1200 g/mol. The number of aliphatic hydroxyl groups is 1. The van der Waals surface area contributed by atoms with E-state index in [0.29, 0.717) is 25.7 Å². The monoisotopic (exact) mass is 1340 g/mol. The summed E-state index contributed by atoms with van der Waals surface area (Å²) >= 11 is 0. The van der Waals surface area contributed by atoms with Gasteiger partial charge in [0.15, 0.2) is 12.2 Å². The van der Waals surface area contributed by atoms with Gasteiger partial charge in [-0.2, -0.15) is 0 Å². The van der Waals surface area contributed by atoms with Crippen molar-refractivity contribution < 1.29 is 80.2 Å². The lowest BCUT2D eigenvalue weighted by molar-refractivity contribution is -0.161. The van der Waals surface area contributed by atoms with Crippen molar-refractivity contribution in [3.63, 3.8) is 0 Å². The predicted molar refractivity (Wildman–Crippen MR) is 368 cm³/mol. The van der Waals surface area contributed by atoms with Crippen LogP contribution in [0.2, 0.25) is 0 Å². The molecule has 0 aliphatic heterocycles. The molecule has 17 nitrogen and oxygen atoms in total. The Morgan fingerprint density at radius 3 is 0.747 bits per heavy atom. The fourth-order valence-corrected chi connectivity index (χ4v) is 12.5. The Hall–Kier alpha value is -1.94. The molecule has 0 saturated carbocycles. The van der Waals surface area contributed by atoms with Crippen molar-refractivity contribution in [2.45, 2.75) is 387 Å². The van der Waals surface area contributed by atoms with Crippen LogP contribution < -0.4 is 0 Å². The third kappa shape index (κ3) is 66.5. The Morgan fingerprint density at radius 1 is 0.297 bits per heavy atom. The van der Waals surface area contributed by atoms with Gasteiger partial charge in [0.25, 0.3) is 0 Å². The van der Waals surface area contributed by atoms with E-state index >= 15 is 0 Å². The first-order chi connectivity index (χ1) is 43.9. The molecule has 0 aromatic carbocycles. The number of aliphatic hydroxyl groups excluding tert-OH is 1. The van der Waals surface area contributed by atoms with Crippen LogP contribution in [0, 0.1) is 11.8 Å². The molecular formula is C72H140O17P2. The van der Waals surface area contributed by atoms with Gasteiger partial charge in [-0.25, -0.2) is 9.13 Å². The summed E-state index contributed by atoms with van der Waals surface area (Å²) in [5, 5.41) is 10.6. The summed E-state index contributed by atoms with van der Waals surface area (Å²) in [4.78, 5) is 72.6. The highest BCUT2D eigenvalue weighted by Crippen LogP contribution is 2.45. The molecule has 91 heavy (non-hydrogen) atoms. The summed E-state index contributed by atoms with van der Waals surface area (Å²) in [6.45, 7) is 9.55. The maximum Gasteiger partial charge on any atom is 0.472 e. The molecule has 0 aromatic rings. The van der Waals surface area contributed by atoms with E-state index in [4.69, 9.17) is 37.0 Å². The summed E-state index contributed by atoms with van der Waals surface area (Å²) < 4.78 is 68.4. The van der Waals surface area contributed by atoms with Crippen LogP contribution in [0.25, 0.3) is 0 Å². The lowest BCUT2D eigenvalue weighted by Crippen LogP contribution is -2.30. The Morgan fingerprint density at radius 2 is 0.505 bits per heavy atom. The van der Waals surface area contributed by atoms with Gasteiger partial charge in [0.1, 0.15) is 19.3 Å². The summed E-state index contributed by atoms with van der Waals surface area (Å²) in [6.07, 6.45) is 49.8. The Balaban J connectivity index is 5.25. The van der Waals surface area contributed by atoms with Crippen LogP contribution in [0.1, 0.15) is 369 Å². The van der Waals surface area contributed by atoms with Crippen LogP contribution in [0.4, 0.5) is 0 Å². The third-order valence-electron chi connectivity index (χ3n) is 16.7. The maximum atomic E-state index is 13.0. The van der Waals surface area contributed by atoms with Crippen LogP contribution in [-0.2, 0) is 65.4 Å². The summed E-state index contributed by atoms with van der Waals surface area (Å²) in [7, 11) is -9.90. The van der Waals surface area contributed by atoms with Gasteiger partial charge in [0.05, 0.1) is 26.4 Å². The molecule has 0 spiro atoms. The topological polar surface area (TPSA) is 237 Å². The summed E-state index contributed by atoms with van der Waals surface area (Å²) in [5.41, 5.74) is 0. The molecule has 0 bridgehead atoms. The summed E-state index contributed by atoms with van der Waals surface area (Å²) in [6, 6.07) is 0. The van der Waals surface area contributed by atoms with Gasteiger partial charge in [0, 0.05) is 25.7 Å². The number of hydrogen-bond donors (Lipinski definition) is 3. The normalized spacial score (nSPS) is 14.1. The minimum atomic E-state index is -4.95. The molecule has 19 heteroatoms. The third-order valence-corrected chi connectivity index (χ3v) is 18.6. The number of unbranched alkanes of at least 4 members (excludes halogenated alkanes) is 41. The van der Waals surface area contributed by atoms with Gasteiger partial charge >= 0.3 is 39.5 Å². The van der Waals surface area contributed by atoms with Gasteiger partial charge in [0.2, 0.25) is 0 Å². The first-order valence-corrected chi connectivity index (χ1v) is 40.5. The number of hydrogen-bond acceptors (Lipinski definition) is 15. The van der Waals surface area contributed by atoms with E-state index in [1.165, 1.54) is 186 Å². The molecule has 3 N–H and O–H groups in total. The molecule has 5 atom stereocenters. The Bertz CT molecular complexity index is 1770. The van der Waals surface area contributed by atoms with Crippen molar-refractivity contribution in [3.8, 4) is 0 Å². The Kier molecular flexibility index (Phi) is 62.7. The number of carbonyl (C=O) groups is 4. The minimum absolute atomic E-state index is 0.105. The lowest BCUT2D eigenvalue weighted by Gasteiger charge is -2.21. The average molecular weight is 1340 g/mol. The number of phosphoric acid groups is 2. The standard InChI is InChI=1S/C72H140O17P2/c1-7-9-11-13-15-17-19-20-21-25-31-37-43-49-55-70(75)83-61-67(88-71(76)56-50-44-38-32-26-23-22-24-28-34-40-46-52-64(3)4)62-86-90(78,79)84-58-66(73)59-85-91(80,81)87-63-68(60-82-69(74)54-48-42-36-30-18-16-14-12-10-8-2)89-72(77)57-51-45-39-33-27-29-35-41-47-53-65(5)6/h64-68,73H,7-63H2,1-6H3,(H,78,79)(H,80,81)/t66-,67-,68-/m1/s1. The number of phosphoric ester groups is 2. The second-order valence-corrected chi connectivity index (χ2v) is 29.8. The zero-order valence-electron chi connectivity index (χ0n) is 59.1. The zero-order valence-corrected chi connectivity index (χ0v) is 60.9. The van der Waals surface area contributed by atoms with E-state index in [1.54, 1.807) is 0 Å². The number of carbonyl (C=O) groups excluding carboxylic acids is 4. The Labute approximate surface area is 556 Å². The second kappa shape index (κ2) is 64.1.